The van der Waals surface area contributed by atoms with Gasteiger partial charge in [0.15, 0.2) is 0 Å². The molecule has 0 aromatic carbocycles. The van der Waals surface area contributed by atoms with Crippen molar-refractivity contribution in [3.63, 3.8) is 0 Å². The van der Waals surface area contributed by atoms with Crippen LogP contribution < -0.4 is 0 Å². The fourth-order valence-corrected chi connectivity index (χ4v) is 1.24. The highest BCUT2D eigenvalue weighted by Crippen LogP contribution is 2.41. The van der Waals surface area contributed by atoms with E-state index >= 15 is 0 Å². The average molecular weight is 387 g/mol. The van der Waals surface area contributed by atoms with Crippen LogP contribution in [-0.4, -0.2) is 11.7 Å². The molecular formula is C26H58O. The van der Waals surface area contributed by atoms with Crippen LogP contribution in [0.5, 0.6) is 0 Å². The van der Waals surface area contributed by atoms with Gasteiger partial charge in [-0.1, -0.05) is 124 Å². The molecule has 0 aliphatic rings. The van der Waals surface area contributed by atoms with Crippen molar-refractivity contribution in [2.45, 2.75) is 131 Å². The van der Waals surface area contributed by atoms with Gasteiger partial charge in [-0.2, -0.15) is 0 Å². The lowest BCUT2D eigenvalue weighted by Crippen LogP contribution is -2.32. The van der Waals surface area contributed by atoms with Gasteiger partial charge in [-0.3, -0.25) is 0 Å². The number of hydrogen-bond acceptors (Lipinski definition) is 1. The first-order valence-corrected chi connectivity index (χ1v) is 11.0. The van der Waals surface area contributed by atoms with Crippen LogP contribution in [0.2, 0.25) is 0 Å². The van der Waals surface area contributed by atoms with Crippen molar-refractivity contribution in [3.05, 3.63) is 0 Å². The highest BCUT2D eigenvalue weighted by atomic mass is 16.3. The molecule has 27 heavy (non-hydrogen) atoms. The van der Waals surface area contributed by atoms with Gasteiger partial charge in [0.2, 0.25) is 0 Å². The Hall–Kier alpha value is -0.0400. The quantitative estimate of drug-likeness (QED) is 0.513. The van der Waals surface area contributed by atoms with E-state index in [1.165, 1.54) is 12.8 Å². The zero-order valence-electron chi connectivity index (χ0n) is 22.6. The first-order chi connectivity index (χ1) is 11.4. The Labute approximate surface area is 175 Å². The van der Waals surface area contributed by atoms with Crippen molar-refractivity contribution in [3.8, 4) is 0 Å². The molecule has 0 heterocycles. The fraction of sp³-hybridized carbons (Fsp3) is 1.00. The maximum Gasteiger partial charge on any atom is 0.0487 e. The minimum absolute atomic E-state index is 0.0347. The molecule has 0 atom stereocenters. The van der Waals surface area contributed by atoms with Gasteiger partial charge in [-0.15, -0.1) is 0 Å². The summed E-state index contributed by atoms with van der Waals surface area (Å²) in [5.74, 6) is 0. The molecule has 1 nitrogen and oxygen atoms in total. The Morgan fingerprint density at radius 2 is 0.704 bits per heavy atom. The van der Waals surface area contributed by atoms with Crippen molar-refractivity contribution in [1.82, 2.24) is 0 Å². The van der Waals surface area contributed by atoms with E-state index in [9.17, 15) is 0 Å². The van der Waals surface area contributed by atoms with E-state index in [1.807, 2.05) is 0 Å². The topological polar surface area (TPSA) is 20.2 Å². The smallest absolute Gasteiger partial charge is 0.0487 e. The van der Waals surface area contributed by atoms with Crippen LogP contribution in [0.1, 0.15) is 131 Å². The molecule has 0 radical (unpaired) electrons. The summed E-state index contributed by atoms with van der Waals surface area (Å²) < 4.78 is 0. The van der Waals surface area contributed by atoms with Crippen LogP contribution in [0, 0.1) is 32.5 Å². The summed E-state index contributed by atoms with van der Waals surface area (Å²) in [6, 6.07) is 0. The lowest BCUT2D eigenvalue weighted by molar-refractivity contribution is 0.0503. The molecule has 0 aromatic heterocycles. The summed E-state index contributed by atoms with van der Waals surface area (Å²) in [6.07, 6.45) is 2.63. The molecule has 0 rings (SSSR count). The van der Waals surface area contributed by atoms with E-state index in [-0.39, 0.29) is 17.4 Å². The van der Waals surface area contributed by atoms with Gasteiger partial charge in [0, 0.05) is 6.61 Å². The molecule has 0 spiro atoms. The third-order valence-electron chi connectivity index (χ3n) is 7.58. The Morgan fingerprint density at radius 1 is 0.444 bits per heavy atom. The first-order valence-electron chi connectivity index (χ1n) is 11.0. The van der Waals surface area contributed by atoms with E-state index in [0.717, 1.165) is 0 Å². The lowest BCUT2D eigenvalue weighted by Gasteiger charge is -2.38. The zero-order chi connectivity index (χ0) is 23.1. The molecule has 0 saturated carbocycles. The lowest BCUT2D eigenvalue weighted by atomic mass is 9.67. The highest BCUT2D eigenvalue weighted by Gasteiger charge is 2.32. The second-order valence-electron chi connectivity index (χ2n) is 13.7. The van der Waals surface area contributed by atoms with Gasteiger partial charge >= 0.3 is 0 Å². The standard InChI is InChI=1S/C10H22.C8H18O.C8H18/c1-7-8-10(5,6)9(2,3)4;1-7(2,3)8(4,5)6-9;1-7(2,3)8(4,5)6/h7-8H2,1-6H3;9H,6H2,1-5H3;1-6H3. The Morgan fingerprint density at radius 3 is 0.741 bits per heavy atom. The Bertz CT molecular complexity index is 360. The third kappa shape index (κ3) is 12.9. The summed E-state index contributed by atoms with van der Waals surface area (Å²) in [4.78, 5) is 0. The number of rotatable bonds is 3. The van der Waals surface area contributed by atoms with Gasteiger partial charge in [0.1, 0.15) is 0 Å². The predicted octanol–water partition coefficient (Wildman–Crippen LogP) is 8.99. The van der Waals surface area contributed by atoms with Crippen molar-refractivity contribution >= 4 is 0 Å². The second-order valence-corrected chi connectivity index (χ2v) is 13.7. The molecule has 0 amide bonds. The summed E-state index contributed by atoms with van der Waals surface area (Å²) in [7, 11) is 0. The minimum atomic E-state index is 0.0347. The average Bonchev–Trinajstić information content (AvgIpc) is 2.35. The molecule has 1 N–H and O–H groups in total. The SMILES string of the molecule is CC(C)(C)C(C)(C)C.CC(C)(C)C(C)(C)CO.CCCC(C)(C)C(C)(C)C. The van der Waals surface area contributed by atoms with Gasteiger partial charge in [0.25, 0.3) is 0 Å². The summed E-state index contributed by atoms with van der Waals surface area (Å²) in [5, 5.41) is 8.93. The molecule has 1 heteroatoms. The summed E-state index contributed by atoms with van der Waals surface area (Å²) in [6.45, 7) is 38.4. The number of aliphatic hydroxyl groups is 1. The van der Waals surface area contributed by atoms with Crippen molar-refractivity contribution in [1.29, 1.82) is 0 Å². The molecular weight excluding hydrogens is 328 g/mol. The molecule has 0 aliphatic carbocycles. The highest BCUT2D eigenvalue weighted by molar-refractivity contribution is 4.82. The van der Waals surface area contributed by atoms with Crippen molar-refractivity contribution < 1.29 is 5.11 Å². The Kier molecular flexibility index (Phi) is 12.5. The number of aliphatic hydroxyl groups excluding tert-OH is 1. The van der Waals surface area contributed by atoms with E-state index in [0.29, 0.717) is 21.7 Å². The normalized spacial score (nSPS) is 14.0. The van der Waals surface area contributed by atoms with Crippen LogP contribution in [0.15, 0.2) is 0 Å². The summed E-state index contributed by atoms with van der Waals surface area (Å²) >= 11 is 0. The molecule has 0 bridgehead atoms. The molecule has 0 unspecified atom stereocenters. The minimum Gasteiger partial charge on any atom is -0.396 e. The molecule has 0 fully saturated rings. The van der Waals surface area contributed by atoms with Gasteiger partial charge < -0.3 is 5.11 Å². The van der Waals surface area contributed by atoms with E-state index in [2.05, 4.69) is 118 Å². The van der Waals surface area contributed by atoms with Crippen LogP contribution in [-0.2, 0) is 0 Å². The first kappa shape index (κ1) is 31.6. The second kappa shape index (κ2) is 10.7. The van der Waals surface area contributed by atoms with Gasteiger partial charge in [-0.25, -0.2) is 0 Å². The van der Waals surface area contributed by atoms with Crippen LogP contribution in [0.25, 0.3) is 0 Å². The van der Waals surface area contributed by atoms with E-state index in [1.54, 1.807) is 0 Å². The van der Waals surface area contributed by atoms with Crippen molar-refractivity contribution in [2.24, 2.45) is 32.5 Å². The maximum absolute atomic E-state index is 8.93. The Balaban J connectivity index is -0.000000322. The van der Waals surface area contributed by atoms with Gasteiger partial charge in [0.05, 0.1) is 0 Å². The van der Waals surface area contributed by atoms with Gasteiger partial charge in [-0.05, 0) is 38.9 Å². The molecule has 0 aromatic rings. The predicted molar refractivity (Wildman–Crippen MR) is 127 cm³/mol. The van der Waals surface area contributed by atoms with E-state index < -0.39 is 0 Å². The molecule has 0 saturated heterocycles. The number of hydrogen-bond donors (Lipinski definition) is 1. The van der Waals surface area contributed by atoms with Crippen molar-refractivity contribution in [2.75, 3.05) is 6.61 Å². The van der Waals surface area contributed by atoms with Crippen LogP contribution in [0.3, 0.4) is 0 Å². The molecule has 168 valence electrons. The zero-order valence-corrected chi connectivity index (χ0v) is 22.6. The fourth-order valence-electron chi connectivity index (χ4n) is 1.24. The monoisotopic (exact) mass is 386 g/mol. The van der Waals surface area contributed by atoms with E-state index in [4.69, 9.17) is 5.11 Å². The van der Waals surface area contributed by atoms with Crippen LogP contribution >= 0.6 is 0 Å². The largest absolute Gasteiger partial charge is 0.396 e. The van der Waals surface area contributed by atoms with Crippen LogP contribution in [0.4, 0.5) is 0 Å². The maximum atomic E-state index is 8.93. The molecule has 0 aliphatic heterocycles. The third-order valence-corrected chi connectivity index (χ3v) is 7.58. The summed E-state index contributed by atoms with van der Waals surface area (Å²) in [5.41, 5.74) is 2.04.